The van der Waals surface area contributed by atoms with E-state index in [4.69, 9.17) is 4.74 Å². The van der Waals surface area contributed by atoms with Gasteiger partial charge in [-0.3, -0.25) is 9.59 Å². The average molecular weight is 555 g/mol. The third-order valence-electron chi connectivity index (χ3n) is 5.93. The second-order valence-electron chi connectivity index (χ2n) is 9.10. The van der Waals surface area contributed by atoms with Crippen LogP contribution in [-0.4, -0.2) is 11.8 Å². The Balaban J connectivity index is 2.26. The molecule has 0 atom stereocenters. The maximum atomic E-state index is 13.4. The van der Waals surface area contributed by atoms with Crippen molar-refractivity contribution in [1.82, 2.24) is 10.6 Å². The highest BCUT2D eigenvalue weighted by atomic mass is 19.4. The highest BCUT2D eigenvalue weighted by Crippen LogP contribution is 2.32. The summed E-state index contributed by atoms with van der Waals surface area (Å²) in [6.07, 6.45) is 3.86. The monoisotopic (exact) mass is 554 g/mol. The van der Waals surface area contributed by atoms with Crippen LogP contribution in [0.15, 0.2) is 96.4 Å². The van der Waals surface area contributed by atoms with Crippen LogP contribution in [-0.2, 0) is 27.0 Å². The van der Waals surface area contributed by atoms with Crippen LogP contribution in [0.1, 0.15) is 69.6 Å². The van der Waals surface area contributed by atoms with Crippen LogP contribution in [0.5, 0.6) is 0 Å². The van der Waals surface area contributed by atoms with Gasteiger partial charge in [0.15, 0.2) is 0 Å². The molecular formula is C32H37F3N2O3. The number of ether oxygens (including phenoxy) is 1. The van der Waals surface area contributed by atoms with Gasteiger partial charge in [-0.25, -0.2) is 0 Å². The Labute approximate surface area is 234 Å². The summed E-state index contributed by atoms with van der Waals surface area (Å²) in [4.78, 5) is 25.2. The predicted octanol–water partition coefficient (Wildman–Crippen LogP) is 7.83. The molecule has 40 heavy (non-hydrogen) atoms. The van der Waals surface area contributed by atoms with Gasteiger partial charge in [-0.05, 0) is 37.5 Å². The molecule has 2 aromatic rings. The van der Waals surface area contributed by atoms with Gasteiger partial charge in [-0.2, -0.15) is 13.2 Å². The summed E-state index contributed by atoms with van der Waals surface area (Å²) in [5.41, 5.74) is 0.700. The molecule has 0 bridgehead atoms. The fraction of sp³-hybridized carbons (Fsp3) is 0.312. The van der Waals surface area contributed by atoms with Crippen molar-refractivity contribution in [3.63, 3.8) is 0 Å². The van der Waals surface area contributed by atoms with Gasteiger partial charge in [0, 0.05) is 30.6 Å². The third kappa shape index (κ3) is 10.6. The summed E-state index contributed by atoms with van der Waals surface area (Å²) < 4.78 is 46.1. The van der Waals surface area contributed by atoms with Crippen molar-refractivity contribution < 1.29 is 27.5 Å². The molecule has 8 heteroatoms. The van der Waals surface area contributed by atoms with Crippen LogP contribution in [0, 0.1) is 0 Å². The van der Waals surface area contributed by atoms with Crippen molar-refractivity contribution in [2.24, 2.45) is 0 Å². The first kappa shape index (κ1) is 32.1. The largest absolute Gasteiger partial charge is 0.461 e. The quantitative estimate of drug-likeness (QED) is 0.142. The minimum Gasteiger partial charge on any atom is -0.461 e. The molecule has 0 aliphatic rings. The zero-order valence-electron chi connectivity index (χ0n) is 23.2. The van der Waals surface area contributed by atoms with Gasteiger partial charge in [0.2, 0.25) is 5.91 Å². The lowest BCUT2D eigenvalue weighted by Crippen LogP contribution is -2.26. The van der Waals surface area contributed by atoms with Crippen LogP contribution in [0.2, 0.25) is 0 Å². The Bertz CT molecular complexity index is 1250. The summed E-state index contributed by atoms with van der Waals surface area (Å²) >= 11 is 0. The molecule has 2 aromatic carbocycles. The van der Waals surface area contributed by atoms with E-state index in [-0.39, 0.29) is 35.8 Å². The summed E-state index contributed by atoms with van der Waals surface area (Å²) in [6.45, 7) is 9.18. The molecule has 0 heterocycles. The third-order valence-corrected chi connectivity index (χ3v) is 5.93. The number of hydrogen-bond acceptors (Lipinski definition) is 3. The number of hydrogen-bond donors (Lipinski definition) is 2. The fourth-order valence-corrected chi connectivity index (χ4v) is 3.72. The van der Waals surface area contributed by atoms with Gasteiger partial charge in [0.1, 0.15) is 11.5 Å². The SMILES string of the molecule is C=C(O/C(C/C=C\C(=C/CC)NC(=O)CCCC)=C(\C)C(=O)NCc1ccccc1C(F)(F)F)c1ccccc1. The lowest BCUT2D eigenvalue weighted by atomic mass is 10.1. The van der Waals surface area contributed by atoms with Crippen molar-refractivity contribution in [2.45, 2.75) is 65.6 Å². The highest BCUT2D eigenvalue weighted by molar-refractivity contribution is 5.93. The van der Waals surface area contributed by atoms with E-state index in [1.165, 1.54) is 18.2 Å². The van der Waals surface area contributed by atoms with Gasteiger partial charge >= 0.3 is 6.18 Å². The highest BCUT2D eigenvalue weighted by Gasteiger charge is 2.32. The second-order valence-corrected chi connectivity index (χ2v) is 9.10. The first-order chi connectivity index (χ1) is 19.1. The lowest BCUT2D eigenvalue weighted by Gasteiger charge is -2.16. The van der Waals surface area contributed by atoms with E-state index in [0.717, 1.165) is 18.9 Å². The molecule has 0 radical (unpaired) electrons. The average Bonchev–Trinajstić information content (AvgIpc) is 2.94. The van der Waals surface area contributed by atoms with Gasteiger partial charge in [0.25, 0.3) is 5.91 Å². The molecule has 0 aliphatic carbocycles. The zero-order valence-corrected chi connectivity index (χ0v) is 23.2. The Morgan fingerprint density at radius 3 is 2.35 bits per heavy atom. The number of allylic oxidation sites excluding steroid dienone is 3. The van der Waals surface area contributed by atoms with Gasteiger partial charge in [-0.1, -0.05) is 87.5 Å². The van der Waals surface area contributed by atoms with E-state index < -0.39 is 17.6 Å². The predicted molar refractivity (Wildman–Crippen MR) is 152 cm³/mol. The summed E-state index contributed by atoms with van der Waals surface area (Å²) in [7, 11) is 0. The Hall–Kier alpha value is -4.07. The standard InChI is InChI=1S/C32H37F3N2O3/c1-5-7-21-30(38)37-27(14-6-2)18-13-20-29(40-24(4)25-15-9-8-10-16-25)23(3)31(39)36-22-26-17-11-12-19-28(26)32(33,34)35/h8-19H,4-7,20-22H2,1-3H3,(H,36,39)(H,37,38)/b18-13-,27-14+,29-23+. The van der Waals surface area contributed by atoms with Crippen LogP contribution < -0.4 is 10.6 Å². The lowest BCUT2D eigenvalue weighted by molar-refractivity contribution is -0.138. The number of benzene rings is 2. The second kappa shape index (κ2) is 16.1. The molecule has 0 fully saturated rings. The Morgan fingerprint density at radius 2 is 1.70 bits per heavy atom. The van der Waals surface area contributed by atoms with E-state index in [0.29, 0.717) is 29.9 Å². The normalized spacial score (nSPS) is 12.6. The molecule has 214 valence electrons. The number of carbonyl (C=O) groups is 2. The smallest absolute Gasteiger partial charge is 0.416 e. The van der Waals surface area contributed by atoms with Gasteiger partial charge in [-0.15, -0.1) is 0 Å². The maximum absolute atomic E-state index is 13.4. The van der Waals surface area contributed by atoms with E-state index in [2.05, 4.69) is 17.2 Å². The van der Waals surface area contributed by atoms with Crippen LogP contribution in [0.4, 0.5) is 13.2 Å². The van der Waals surface area contributed by atoms with E-state index >= 15 is 0 Å². The Kier molecular flexibility index (Phi) is 13.0. The van der Waals surface area contributed by atoms with Crippen LogP contribution >= 0.6 is 0 Å². The minimum atomic E-state index is -4.53. The number of nitrogens with one attached hydrogen (secondary N) is 2. The molecular weight excluding hydrogens is 517 g/mol. The van der Waals surface area contributed by atoms with Crippen molar-refractivity contribution in [3.05, 3.63) is 113 Å². The van der Waals surface area contributed by atoms with Crippen molar-refractivity contribution >= 4 is 17.6 Å². The molecule has 0 aromatic heterocycles. The number of unbranched alkanes of at least 4 members (excludes halogenated alkanes) is 1. The van der Waals surface area contributed by atoms with Crippen LogP contribution in [0.25, 0.3) is 5.76 Å². The van der Waals surface area contributed by atoms with Crippen molar-refractivity contribution in [2.75, 3.05) is 0 Å². The molecule has 2 rings (SSSR count). The number of carbonyl (C=O) groups excluding carboxylic acids is 2. The minimum absolute atomic E-state index is 0.0413. The summed E-state index contributed by atoms with van der Waals surface area (Å²) in [5, 5.41) is 5.46. The fourth-order valence-electron chi connectivity index (χ4n) is 3.72. The molecule has 0 aliphatic heterocycles. The number of halogens is 3. The first-order valence-electron chi connectivity index (χ1n) is 13.3. The molecule has 2 amide bonds. The Morgan fingerprint density at radius 1 is 1.02 bits per heavy atom. The van der Waals surface area contributed by atoms with E-state index in [1.54, 1.807) is 19.1 Å². The molecule has 5 nitrogen and oxygen atoms in total. The molecule has 0 unspecified atom stereocenters. The van der Waals surface area contributed by atoms with Crippen molar-refractivity contribution in [3.8, 4) is 0 Å². The van der Waals surface area contributed by atoms with Gasteiger partial charge < -0.3 is 15.4 Å². The number of rotatable bonds is 14. The topological polar surface area (TPSA) is 67.4 Å². The zero-order chi connectivity index (χ0) is 29.5. The van der Waals surface area contributed by atoms with Crippen molar-refractivity contribution in [1.29, 1.82) is 0 Å². The molecule has 0 saturated heterocycles. The molecule has 0 spiro atoms. The van der Waals surface area contributed by atoms with E-state index in [9.17, 15) is 22.8 Å². The van der Waals surface area contributed by atoms with Crippen LogP contribution in [0.3, 0.4) is 0 Å². The van der Waals surface area contributed by atoms with Gasteiger partial charge in [0.05, 0.1) is 11.1 Å². The maximum Gasteiger partial charge on any atom is 0.416 e. The summed E-state index contributed by atoms with van der Waals surface area (Å²) in [6, 6.07) is 14.2. The molecule has 0 saturated carbocycles. The number of amides is 2. The first-order valence-corrected chi connectivity index (χ1v) is 13.3. The number of alkyl halides is 3. The van der Waals surface area contributed by atoms with E-state index in [1.807, 2.05) is 50.3 Å². The molecule has 2 N–H and O–H groups in total. The summed E-state index contributed by atoms with van der Waals surface area (Å²) in [5.74, 6) is -0.0561.